The number of phosphoric acid groups is 1. The Morgan fingerprint density at radius 2 is 1.64 bits per heavy atom. The lowest BCUT2D eigenvalue weighted by Gasteiger charge is -2.27. The van der Waals surface area contributed by atoms with Crippen molar-refractivity contribution in [2.24, 2.45) is 0 Å². The minimum atomic E-state index is -5.31. The van der Waals surface area contributed by atoms with Gasteiger partial charge in [-0.25, -0.2) is 42.5 Å². The summed E-state index contributed by atoms with van der Waals surface area (Å²) in [4.78, 5) is 61.8. The number of phenols is 1. The number of esters is 1. The number of alkyl halides is 2. The number of rotatable bonds is 7. The number of imidazole rings is 1. The van der Waals surface area contributed by atoms with Gasteiger partial charge in [0.1, 0.15) is 47.8 Å². The van der Waals surface area contributed by atoms with Gasteiger partial charge in [0.2, 0.25) is 0 Å². The number of nitrogens with zero attached hydrogens (tertiary/aromatic N) is 5. The van der Waals surface area contributed by atoms with Gasteiger partial charge >= 0.3 is 26.3 Å². The Hall–Kier alpha value is -4.87. The van der Waals surface area contributed by atoms with Crippen molar-refractivity contribution < 1.29 is 65.0 Å². The first-order valence-corrected chi connectivity index (χ1v) is 22.0. The van der Waals surface area contributed by atoms with Crippen LogP contribution in [-0.4, -0.2) is 95.0 Å². The third-order valence-corrected chi connectivity index (χ3v) is 13.9. The van der Waals surface area contributed by atoms with E-state index in [1.54, 1.807) is 0 Å². The highest BCUT2D eigenvalue weighted by molar-refractivity contribution is 8.54. The van der Waals surface area contributed by atoms with Crippen LogP contribution in [0.4, 0.5) is 14.6 Å². The number of H-pyrrole nitrogens is 1. The monoisotopic (exact) mass is 881 g/mol. The van der Waals surface area contributed by atoms with Crippen LogP contribution in [-0.2, 0) is 42.5 Å². The van der Waals surface area contributed by atoms with Crippen molar-refractivity contribution >= 4 is 49.0 Å². The molecule has 3 aliphatic heterocycles. The summed E-state index contributed by atoms with van der Waals surface area (Å²) in [5.74, 6) is -0.746. The van der Waals surface area contributed by atoms with Gasteiger partial charge in [0.15, 0.2) is 36.3 Å². The summed E-state index contributed by atoms with van der Waals surface area (Å²) in [5, 5.41) is 9.49. The van der Waals surface area contributed by atoms with Crippen LogP contribution in [0.15, 0.2) is 83.0 Å². The highest BCUT2D eigenvalue weighted by Crippen LogP contribution is 2.65. The number of nitrogen functional groups attached to an aromatic ring is 1. The average Bonchev–Trinajstić information content (AvgIpc) is 3.86. The zero-order valence-electron chi connectivity index (χ0n) is 29.8. The predicted octanol–water partition coefficient (Wildman–Crippen LogP) is 3.31. The van der Waals surface area contributed by atoms with E-state index >= 15 is 8.78 Å². The SMILES string of the molecule is Nc1ncnc2c1ncn2[C@@H]1O[C@@H]2COP(=O)(O)O[C@H]3C(n4ccc(=O)[nH]c4=O)O[C@H](CO[P@@](=O)(SCc4ccc(OC(=O)c5ccc(O)cc5)cc4)O[C@H]2[C@H]1F)[C@H]3F. The summed E-state index contributed by atoms with van der Waals surface area (Å²) >= 11 is 0.561. The third kappa shape index (κ3) is 8.59. The molecule has 8 rings (SSSR count). The number of benzene rings is 2. The molecule has 10 atom stereocenters. The molecule has 59 heavy (non-hydrogen) atoms. The molecule has 3 aromatic heterocycles. The number of aromatic amines is 1. The predicted molar refractivity (Wildman–Crippen MR) is 199 cm³/mol. The van der Waals surface area contributed by atoms with Gasteiger partial charge < -0.3 is 29.9 Å². The molecule has 21 nitrogen and oxygen atoms in total. The van der Waals surface area contributed by atoms with Crippen molar-refractivity contribution in [1.29, 1.82) is 0 Å². The Bertz CT molecular complexity index is 2590. The number of carbonyl (C=O) groups is 1. The first-order chi connectivity index (χ1) is 28.2. The summed E-state index contributed by atoms with van der Waals surface area (Å²) in [5.41, 5.74) is 4.85. The molecule has 0 saturated carbocycles. The molecule has 5 N–H and O–H groups in total. The van der Waals surface area contributed by atoms with Gasteiger partial charge in [0, 0.05) is 18.0 Å². The second kappa shape index (κ2) is 16.3. The fourth-order valence-electron chi connectivity index (χ4n) is 6.36. The first-order valence-electron chi connectivity index (χ1n) is 17.3. The van der Waals surface area contributed by atoms with Crippen LogP contribution in [0.25, 0.3) is 11.2 Å². The van der Waals surface area contributed by atoms with E-state index in [9.17, 15) is 33.5 Å². The minimum absolute atomic E-state index is 0.0223. The van der Waals surface area contributed by atoms with E-state index < -0.39 is 94.3 Å². The number of ether oxygens (including phenoxy) is 3. The number of halogens is 2. The van der Waals surface area contributed by atoms with Gasteiger partial charge in [-0.3, -0.25) is 37.0 Å². The second-order valence-corrected chi connectivity index (χ2v) is 18.6. The van der Waals surface area contributed by atoms with E-state index in [0.717, 1.165) is 29.5 Å². The van der Waals surface area contributed by atoms with Crippen LogP contribution in [0.5, 0.6) is 11.5 Å². The summed E-state index contributed by atoms with van der Waals surface area (Å²) in [6.07, 6.45) is -11.9. The third-order valence-electron chi connectivity index (χ3n) is 9.25. The standard InChI is InChI=1S/C33H31F2N7O14P2S/c34-23-20-11-51-58(49,59-13-16-1-7-19(8-2-16)52-32(45)17-3-5-18(43)6-4-17)56-26-21(54-30(24(26)35)42-15-39-25-28(36)37-14-38-29(25)42)12-50-57(47,48)55-27(23)31(53-20)41-10-9-22(44)40-33(41)46/h1-10,14-15,20-21,23-24,26-27,30-31,43H,11-13H2,(H,47,48)(H2,36,37,38)(H,40,44,46)/t20-,21-,23-,24-,26-,27-,30-,31?,58-/m1/s1. The Labute approximate surface area is 333 Å². The number of aromatic hydroxyl groups is 1. The molecule has 5 aromatic rings. The molecule has 2 aromatic carbocycles. The number of aromatic nitrogens is 6. The maximum absolute atomic E-state index is 16.7. The molecule has 6 heterocycles. The molecule has 2 bridgehead atoms. The van der Waals surface area contributed by atoms with Crippen molar-refractivity contribution in [2.45, 2.75) is 55.0 Å². The smallest absolute Gasteiger partial charge is 0.472 e. The average molecular weight is 882 g/mol. The molecule has 2 unspecified atom stereocenters. The van der Waals surface area contributed by atoms with Crippen molar-refractivity contribution in [3.63, 3.8) is 0 Å². The van der Waals surface area contributed by atoms with Gasteiger partial charge in [-0.1, -0.05) is 12.1 Å². The zero-order valence-corrected chi connectivity index (χ0v) is 32.4. The van der Waals surface area contributed by atoms with Crippen molar-refractivity contribution in [2.75, 3.05) is 18.9 Å². The molecule has 0 radical (unpaired) electrons. The fraction of sp³-hybridized carbons (Fsp3) is 0.333. The fourth-order valence-corrected chi connectivity index (χ4v) is 10.7. The maximum atomic E-state index is 16.7. The van der Waals surface area contributed by atoms with Crippen LogP contribution in [0.2, 0.25) is 0 Å². The number of hydrogen-bond acceptors (Lipinski definition) is 18. The largest absolute Gasteiger partial charge is 0.508 e. The van der Waals surface area contributed by atoms with Gasteiger partial charge in [-0.05, 0) is 53.3 Å². The van der Waals surface area contributed by atoms with Crippen LogP contribution >= 0.6 is 26.0 Å². The lowest BCUT2D eigenvalue weighted by Crippen LogP contribution is -2.37. The molecule has 0 spiro atoms. The van der Waals surface area contributed by atoms with Crippen LogP contribution < -0.4 is 21.7 Å². The molecular weight excluding hydrogens is 850 g/mol. The maximum Gasteiger partial charge on any atom is 0.472 e. The number of carbonyl (C=O) groups excluding carboxylic acids is 1. The van der Waals surface area contributed by atoms with E-state index in [0.29, 0.717) is 21.5 Å². The van der Waals surface area contributed by atoms with Crippen LogP contribution in [0.3, 0.4) is 0 Å². The van der Waals surface area contributed by atoms with Gasteiger partial charge in [-0.2, -0.15) is 0 Å². The van der Waals surface area contributed by atoms with Gasteiger partial charge in [-0.15, -0.1) is 0 Å². The lowest BCUT2D eigenvalue weighted by molar-refractivity contribution is -0.0652. The zero-order chi connectivity index (χ0) is 41.6. The molecule has 3 saturated heterocycles. The number of nitrogens with two attached hydrogens (primary N) is 1. The Balaban J connectivity index is 1.08. The molecule has 312 valence electrons. The number of phosphoric ester groups is 1. The quantitative estimate of drug-likeness (QED) is 0.104. The van der Waals surface area contributed by atoms with Crippen molar-refractivity contribution in [3.05, 3.63) is 105 Å². The van der Waals surface area contributed by atoms with Crippen LogP contribution in [0, 0.1) is 0 Å². The topological polar surface area (TPSA) is 281 Å². The Morgan fingerprint density at radius 3 is 2.39 bits per heavy atom. The Morgan fingerprint density at radius 1 is 0.915 bits per heavy atom. The molecule has 3 aliphatic rings. The van der Waals surface area contributed by atoms with E-state index in [4.69, 9.17) is 38.0 Å². The molecule has 0 aliphatic carbocycles. The minimum Gasteiger partial charge on any atom is -0.508 e. The highest BCUT2D eigenvalue weighted by Gasteiger charge is 2.55. The molecule has 3 fully saturated rings. The summed E-state index contributed by atoms with van der Waals surface area (Å²) in [6.45, 7) is -6.50. The lowest BCUT2D eigenvalue weighted by atomic mass is 10.1. The number of nitrogens with one attached hydrogen (secondary N) is 1. The van der Waals surface area contributed by atoms with Crippen LogP contribution in [0.1, 0.15) is 28.4 Å². The Kier molecular flexibility index (Phi) is 11.3. The normalized spacial score (nSPS) is 31.2. The first kappa shape index (κ1) is 40.9. The van der Waals surface area contributed by atoms with Gasteiger partial charge in [0.05, 0.1) is 25.1 Å². The van der Waals surface area contributed by atoms with E-state index in [-0.39, 0.29) is 39.8 Å². The van der Waals surface area contributed by atoms with E-state index in [1.165, 1.54) is 48.5 Å². The van der Waals surface area contributed by atoms with Crippen molar-refractivity contribution in [3.8, 4) is 11.5 Å². The highest BCUT2D eigenvalue weighted by atomic mass is 32.7. The van der Waals surface area contributed by atoms with Crippen molar-refractivity contribution in [1.82, 2.24) is 29.1 Å². The van der Waals surface area contributed by atoms with E-state index in [2.05, 4.69) is 15.0 Å². The summed E-state index contributed by atoms with van der Waals surface area (Å²) in [7, 11) is -5.31. The second-order valence-electron chi connectivity index (χ2n) is 13.1. The number of phenolic OH excluding ortho intramolecular Hbond substituents is 1. The molecule has 0 amide bonds. The molecular formula is C33H31F2N7O14P2S. The number of anilines is 1. The molecule has 26 heteroatoms. The van der Waals surface area contributed by atoms with E-state index in [1.807, 2.05) is 4.98 Å². The number of fused-ring (bicyclic) bond motifs is 4. The van der Waals surface area contributed by atoms with Gasteiger partial charge in [0.25, 0.3) is 5.56 Å². The summed E-state index contributed by atoms with van der Waals surface area (Å²) in [6, 6.07) is 12.3. The number of hydrogen-bond donors (Lipinski definition) is 4. The summed E-state index contributed by atoms with van der Waals surface area (Å²) < 4.78 is 102.